The molecule has 0 amide bonds. The summed E-state index contributed by atoms with van der Waals surface area (Å²) in [6.45, 7) is 2.75. The van der Waals surface area contributed by atoms with E-state index in [1.165, 1.54) is 6.07 Å². The van der Waals surface area contributed by atoms with Gasteiger partial charge in [-0.2, -0.15) is 0 Å². The summed E-state index contributed by atoms with van der Waals surface area (Å²) in [5.74, 6) is 1.85. The summed E-state index contributed by atoms with van der Waals surface area (Å²) in [5.41, 5.74) is 3.99. The molecule has 3 aromatic rings. The van der Waals surface area contributed by atoms with Gasteiger partial charge in [-0.25, -0.2) is 18.5 Å². The third-order valence-electron chi connectivity index (χ3n) is 5.54. The maximum Gasteiger partial charge on any atom is 0.238 e. The summed E-state index contributed by atoms with van der Waals surface area (Å²) < 4.78 is 26.1. The summed E-state index contributed by atoms with van der Waals surface area (Å²) >= 11 is 1.70. The molecule has 0 saturated heterocycles. The Labute approximate surface area is 192 Å². The molecule has 9 heteroatoms. The van der Waals surface area contributed by atoms with Gasteiger partial charge in [0.15, 0.2) is 0 Å². The molecule has 168 valence electrons. The monoisotopic (exact) mass is 470 g/mol. The number of unbranched alkanes of at least 4 members (excludes halogenated alkanes) is 1. The van der Waals surface area contributed by atoms with Crippen LogP contribution in [0.1, 0.15) is 43.3 Å². The smallest absolute Gasteiger partial charge is 0.238 e. The lowest BCUT2D eigenvalue weighted by Gasteiger charge is -2.16. The molecule has 2 heterocycles. The van der Waals surface area contributed by atoms with Crippen molar-refractivity contribution in [3.05, 3.63) is 65.6 Å². The highest BCUT2D eigenvalue weighted by atomic mass is 32.2. The molecule has 1 aliphatic rings. The third-order valence-corrected chi connectivity index (χ3v) is 7.47. The quantitative estimate of drug-likeness (QED) is 0.396. The average Bonchev–Trinajstić information content (AvgIpc) is 3.15. The number of aryl methyl sites for hydroxylation is 1. The van der Waals surface area contributed by atoms with E-state index in [0.717, 1.165) is 52.7 Å². The van der Waals surface area contributed by atoms with E-state index in [4.69, 9.17) is 10.1 Å². The molecular formula is C23H26N4O3S2. The van der Waals surface area contributed by atoms with E-state index in [-0.39, 0.29) is 4.90 Å². The molecule has 3 N–H and O–H groups in total. The number of sulfonamides is 1. The SMILES string of the molecule is CCCCc1nc2c(n1Cc1ccc(-c3ccccc3S(N)(=O)=O)cc1)/C(=N/O)CCS2. The average molecular weight is 471 g/mol. The van der Waals surface area contributed by atoms with E-state index < -0.39 is 10.0 Å². The fraction of sp³-hybridized carbons (Fsp3) is 0.304. The maximum absolute atomic E-state index is 12.0. The number of benzene rings is 2. The Hall–Kier alpha value is -2.62. The molecule has 0 aliphatic carbocycles. The number of nitrogens with two attached hydrogens (primary N) is 1. The van der Waals surface area contributed by atoms with Crippen molar-refractivity contribution in [1.82, 2.24) is 9.55 Å². The molecule has 1 aromatic heterocycles. The van der Waals surface area contributed by atoms with E-state index in [1.54, 1.807) is 30.0 Å². The van der Waals surface area contributed by atoms with Crippen LogP contribution in [0.3, 0.4) is 0 Å². The summed E-state index contributed by atoms with van der Waals surface area (Å²) in [6.07, 6.45) is 3.68. The Morgan fingerprint density at radius 2 is 1.94 bits per heavy atom. The van der Waals surface area contributed by atoms with Crippen molar-refractivity contribution in [2.75, 3.05) is 5.75 Å². The van der Waals surface area contributed by atoms with E-state index in [1.807, 2.05) is 24.3 Å². The minimum Gasteiger partial charge on any atom is -0.411 e. The molecule has 32 heavy (non-hydrogen) atoms. The summed E-state index contributed by atoms with van der Waals surface area (Å²) in [4.78, 5) is 4.95. The summed E-state index contributed by atoms with van der Waals surface area (Å²) in [7, 11) is -3.82. The lowest BCUT2D eigenvalue weighted by atomic mass is 10.0. The highest BCUT2D eigenvalue weighted by molar-refractivity contribution is 7.99. The van der Waals surface area contributed by atoms with Gasteiger partial charge in [0.2, 0.25) is 10.0 Å². The lowest BCUT2D eigenvalue weighted by molar-refractivity contribution is 0.317. The zero-order valence-corrected chi connectivity index (χ0v) is 19.5. The second kappa shape index (κ2) is 9.48. The number of fused-ring (bicyclic) bond motifs is 1. The highest BCUT2D eigenvalue weighted by Crippen LogP contribution is 2.32. The van der Waals surface area contributed by atoms with Gasteiger partial charge in [-0.15, -0.1) is 11.8 Å². The van der Waals surface area contributed by atoms with E-state index in [0.29, 0.717) is 24.2 Å². The van der Waals surface area contributed by atoms with Crippen molar-refractivity contribution in [3.63, 3.8) is 0 Å². The van der Waals surface area contributed by atoms with Gasteiger partial charge in [0.25, 0.3) is 0 Å². The van der Waals surface area contributed by atoms with Crippen molar-refractivity contribution in [1.29, 1.82) is 0 Å². The van der Waals surface area contributed by atoms with Crippen molar-refractivity contribution < 1.29 is 13.6 Å². The van der Waals surface area contributed by atoms with Gasteiger partial charge in [-0.05, 0) is 23.6 Å². The second-order valence-corrected chi connectivity index (χ2v) is 10.4. The topological polar surface area (TPSA) is 111 Å². The minimum atomic E-state index is -3.82. The molecule has 0 unspecified atom stereocenters. The van der Waals surface area contributed by atoms with Crippen LogP contribution in [0.25, 0.3) is 11.1 Å². The molecule has 1 aliphatic heterocycles. The van der Waals surface area contributed by atoms with E-state index in [2.05, 4.69) is 16.6 Å². The van der Waals surface area contributed by atoms with Gasteiger partial charge in [0, 0.05) is 30.7 Å². The highest BCUT2D eigenvalue weighted by Gasteiger charge is 2.26. The molecule has 0 spiro atoms. The Morgan fingerprint density at radius 3 is 2.62 bits per heavy atom. The number of nitrogens with zero attached hydrogens (tertiary/aromatic N) is 3. The molecule has 0 radical (unpaired) electrons. The number of hydrogen-bond donors (Lipinski definition) is 2. The fourth-order valence-electron chi connectivity index (χ4n) is 3.94. The maximum atomic E-state index is 12.0. The molecule has 0 fully saturated rings. The van der Waals surface area contributed by atoms with Crippen LogP contribution in [-0.4, -0.2) is 34.6 Å². The zero-order chi connectivity index (χ0) is 22.7. The predicted molar refractivity (Wildman–Crippen MR) is 127 cm³/mol. The largest absolute Gasteiger partial charge is 0.411 e. The van der Waals surface area contributed by atoms with Crippen LogP contribution >= 0.6 is 11.8 Å². The Bertz CT molecular complexity index is 1250. The predicted octanol–water partition coefficient (Wildman–Crippen LogP) is 4.26. The third kappa shape index (κ3) is 4.60. The first-order valence-electron chi connectivity index (χ1n) is 10.6. The molecule has 0 bridgehead atoms. The van der Waals surface area contributed by atoms with Crippen molar-refractivity contribution >= 4 is 27.5 Å². The molecular weight excluding hydrogens is 444 g/mol. The van der Waals surface area contributed by atoms with Gasteiger partial charge in [-0.3, -0.25) is 0 Å². The number of oxime groups is 1. The van der Waals surface area contributed by atoms with Gasteiger partial charge in [0.1, 0.15) is 22.3 Å². The van der Waals surface area contributed by atoms with E-state index >= 15 is 0 Å². The molecule has 0 atom stereocenters. The van der Waals surface area contributed by atoms with Crippen molar-refractivity contribution in [2.24, 2.45) is 10.3 Å². The second-order valence-electron chi connectivity index (χ2n) is 7.75. The first kappa shape index (κ1) is 22.6. The van der Waals surface area contributed by atoms with Gasteiger partial charge < -0.3 is 9.77 Å². The number of primary sulfonamides is 1. The molecule has 0 saturated carbocycles. The van der Waals surface area contributed by atoms with Crippen LogP contribution in [0.5, 0.6) is 0 Å². The van der Waals surface area contributed by atoms with Crippen LogP contribution in [-0.2, 0) is 23.0 Å². The normalized spacial score (nSPS) is 15.1. The molecule has 4 rings (SSSR count). The minimum absolute atomic E-state index is 0.110. The Balaban J connectivity index is 1.69. The molecule has 7 nitrogen and oxygen atoms in total. The van der Waals surface area contributed by atoms with Crippen molar-refractivity contribution in [3.8, 4) is 11.1 Å². The standard InChI is InChI=1S/C23H26N4O3S2/c1-2-3-8-21-25-23-22(19(26-28)13-14-31-23)27(21)15-16-9-11-17(12-10-16)18-6-4-5-7-20(18)32(24,29)30/h4-7,9-12,28H,2-3,8,13-15H2,1H3,(H2,24,29,30)/b26-19+. The van der Waals surface area contributed by atoms with Crippen LogP contribution in [0.2, 0.25) is 0 Å². The zero-order valence-electron chi connectivity index (χ0n) is 17.9. The Kier molecular flexibility index (Phi) is 6.68. The van der Waals surface area contributed by atoms with Gasteiger partial charge >= 0.3 is 0 Å². The first-order chi connectivity index (χ1) is 15.4. The Morgan fingerprint density at radius 1 is 1.19 bits per heavy atom. The number of thioether (sulfide) groups is 1. The number of imidazole rings is 1. The first-order valence-corrected chi connectivity index (χ1v) is 13.1. The van der Waals surface area contributed by atoms with Crippen LogP contribution in [0.15, 0.2) is 63.6 Å². The number of rotatable bonds is 7. The van der Waals surface area contributed by atoms with Crippen LogP contribution < -0.4 is 5.14 Å². The van der Waals surface area contributed by atoms with Gasteiger partial charge in [0.05, 0.1) is 4.90 Å². The summed E-state index contributed by atoms with van der Waals surface area (Å²) in [5, 5.41) is 19.4. The van der Waals surface area contributed by atoms with Crippen molar-refractivity contribution in [2.45, 2.75) is 49.1 Å². The lowest BCUT2D eigenvalue weighted by Crippen LogP contribution is -2.17. The number of aromatic nitrogens is 2. The number of hydrogen-bond acceptors (Lipinski definition) is 6. The molecule has 2 aromatic carbocycles. The van der Waals surface area contributed by atoms with Gasteiger partial charge in [-0.1, -0.05) is 61.0 Å². The fourth-order valence-corrected chi connectivity index (χ4v) is 5.72. The van der Waals surface area contributed by atoms with Crippen LogP contribution in [0.4, 0.5) is 0 Å². The summed E-state index contributed by atoms with van der Waals surface area (Å²) in [6, 6.07) is 14.5. The van der Waals surface area contributed by atoms with E-state index in [9.17, 15) is 13.6 Å². The van der Waals surface area contributed by atoms with Crippen LogP contribution in [0, 0.1) is 0 Å².